The molecule has 0 atom stereocenters. The van der Waals surface area contributed by atoms with E-state index in [1.54, 1.807) is 18.2 Å². The molecule has 0 amide bonds. The highest BCUT2D eigenvalue weighted by Crippen LogP contribution is 2.26. The lowest BCUT2D eigenvalue weighted by atomic mass is 10.2. The number of anilines is 1. The topological polar surface area (TPSA) is 116 Å². The van der Waals surface area contributed by atoms with Crippen molar-refractivity contribution in [3.63, 3.8) is 0 Å². The van der Waals surface area contributed by atoms with Gasteiger partial charge in [-0.1, -0.05) is 15.9 Å². The third kappa shape index (κ3) is 5.27. The van der Waals surface area contributed by atoms with Crippen molar-refractivity contribution in [1.29, 1.82) is 0 Å². The van der Waals surface area contributed by atoms with Crippen molar-refractivity contribution in [3.8, 4) is 5.75 Å². The third-order valence-electron chi connectivity index (χ3n) is 3.12. The van der Waals surface area contributed by atoms with Gasteiger partial charge in [0.2, 0.25) is 10.0 Å². The lowest BCUT2D eigenvalue weighted by Gasteiger charge is -2.10. The first-order chi connectivity index (χ1) is 12.0. The average molecular weight is 465 g/mol. The summed E-state index contributed by atoms with van der Waals surface area (Å²) in [6.07, 6.45) is 1.27. The van der Waals surface area contributed by atoms with Crippen molar-refractivity contribution in [2.45, 2.75) is 4.90 Å². The van der Waals surface area contributed by atoms with Crippen LogP contribution in [0.4, 0.5) is 10.1 Å². The minimum absolute atomic E-state index is 0.361. The first-order valence-corrected chi connectivity index (χ1v) is 10.8. The molecule has 0 aliphatic heterocycles. The number of rotatable bonds is 6. The summed E-state index contributed by atoms with van der Waals surface area (Å²) in [6, 6.07) is 7.52. The Morgan fingerprint density at radius 2 is 1.85 bits per heavy atom. The highest BCUT2D eigenvalue weighted by atomic mass is 79.9. The van der Waals surface area contributed by atoms with Crippen LogP contribution in [0.1, 0.15) is 5.56 Å². The molecular weight excluding hydrogens is 451 g/mol. The molecule has 0 aromatic heterocycles. The molecule has 0 fully saturated rings. The van der Waals surface area contributed by atoms with Crippen molar-refractivity contribution in [1.82, 2.24) is 0 Å². The minimum atomic E-state index is -4.33. The minimum Gasteiger partial charge on any atom is -0.496 e. The summed E-state index contributed by atoms with van der Waals surface area (Å²) in [5.74, 6) is -0.432. The molecule has 11 heteroatoms. The number of nitrogens with one attached hydrogen (secondary N) is 1. The van der Waals surface area contributed by atoms with Crippen LogP contribution in [0.5, 0.6) is 5.75 Å². The fourth-order valence-electron chi connectivity index (χ4n) is 2.00. The molecule has 0 aliphatic rings. The maximum absolute atomic E-state index is 13.3. The predicted octanol–water partition coefficient (Wildman–Crippen LogP) is 2.66. The average Bonchev–Trinajstić information content (AvgIpc) is 2.54. The molecule has 7 nitrogen and oxygen atoms in total. The molecule has 0 heterocycles. The Labute approximate surface area is 158 Å². The lowest BCUT2D eigenvalue weighted by Crippen LogP contribution is -2.17. The molecule has 2 rings (SSSR count). The maximum atomic E-state index is 13.3. The molecule has 26 heavy (non-hydrogen) atoms. The van der Waals surface area contributed by atoms with Crippen molar-refractivity contribution in [2.75, 3.05) is 11.8 Å². The Bertz CT molecular complexity index is 1070. The van der Waals surface area contributed by atoms with Crippen molar-refractivity contribution in [3.05, 3.63) is 57.7 Å². The molecule has 3 N–H and O–H groups in total. The van der Waals surface area contributed by atoms with E-state index in [2.05, 4.69) is 20.7 Å². The Hall–Kier alpha value is -1.95. The largest absolute Gasteiger partial charge is 0.496 e. The van der Waals surface area contributed by atoms with E-state index in [1.807, 2.05) is 0 Å². The number of sulfonamides is 2. The highest BCUT2D eigenvalue weighted by molar-refractivity contribution is 9.10. The Morgan fingerprint density at radius 3 is 2.46 bits per heavy atom. The van der Waals surface area contributed by atoms with Gasteiger partial charge < -0.3 is 4.74 Å². The lowest BCUT2D eigenvalue weighted by molar-refractivity contribution is 0.414. The number of methoxy groups -OCH3 is 1. The number of benzene rings is 2. The molecule has 0 saturated heterocycles. The fourth-order valence-corrected chi connectivity index (χ4v) is 4.03. The second kappa shape index (κ2) is 7.74. The zero-order valence-electron chi connectivity index (χ0n) is 13.3. The van der Waals surface area contributed by atoms with Gasteiger partial charge in [-0.25, -0.2) is 26.4 Å². The smallest absolute Gasteiger partial charge is 0.255 e. The van der Waals surface area contributed by atoms with Gasteiger partial charge in [0.15, 0.2) is 0 Å². The van der Waals surface area contributed by atoms with Gasteiger partial charge in [-0.05, 0) is 42.5 Å². The zero-order chi connectivity index (χ0) is 19.5. The van der Waals surface area contributed by atoms with E-state index in [0.29, 0.717) is 21.9 Å². The molecule has 0 aliphatic carbocycles. The highest BCUT2D eigenvalue weighted by Gasteiger charge is 2.18. The molecule has 0 unspecified atom stereocenters. The summed E-state index contributed by atoms with van der Waals surface area (Å²) in [5.41, 5.74) is 0.109. The Kier molecular flexibility index (Phi) is 6.06. The molecular formula is C15H14BrFN2O5S2. The van der Waals surface area contributed by atoms with E-state index in [0.717, 1.165) is 17.5 Å². The maximum Gasteiger partial charge on any atom is 0.255 e. The summed E-state index contributed by atoms with van der Waals surface area (Å²) < 4.78 is 68.7. The molecule has 0 spiro atoms. The van der Waals surface area contributed by atoms with Crippen LogP contribution in [0.15, 0.2) is 51.2 Å². The van der Waals surface area contributed by atoms with E-state index in [-0.39, 0.29) is 5.69 Å². The van der Waals surface area contributed by atoms with E-state index in [9.17, 15) is 21.2 Å². The number of halogens is 2. The summed E-state index contributed by atoms with van der Waals surface area (Å²) in [4.78, 5) is -0.672. The van der Waals surface area contributed by atoms with E-state index < -0.39 is 30.8 Å². The Morgan fingerprint density at radius 1 is 1.15 bits per heavy atom. The van der Waals surface area contributed by atoms with Crippen LogP contribution in [0, 0.1) is 5.82 Å². The first-order valence-electron chi connectivity index (χ1n) is 6.88. The fraction of sp³-hybridized carbons (Fsp3) is 0.0667. The number of hydrogen-bond acceptors (Lipinski definition) is 5. The van der Waals surface area contributed by atoms with Crippen LogP contribution in [-0.2, 0) is 20.0 Å². The standard InChI is InChI=1S/C15H14BrFN2O5S2/c1-24-14-5-2-11(16)8-10(14)6-7-25(20,21)19-13-4-3-12(17)9-15(13)26(18,22)23/h2-9,19H,1H3,(H2,18,22,23)/b7-6+. The van der Waals surface area contributed by atoms with E-state index in [4.69, 9.17) is 9.88 Å². The SMILES string of the molecule is COc1ccc(Br)cc1/C=C/S(=O)(=O)Nc1ccc(F)cc1S(N)(=O)=O. The van der Waals surface area contributed by atoms with Gasteiger partial charge >= 0.3 is 0 Å². The molecule has 0 saturated carbocycles. The number of nitrogens with two attached hydrogens (primary N) is 1. The van der Waals surface area contributed by atoms with E-state index in [1.165, 1.54) is 13.2 Å². The summed E-state index contributed by atoms with van der Waals surface area (Å²) >= 11 is 3.27. The molecule has 0 radical (unpaired) electrons. The van der Waals surface area contributed by atoms with Gasteiger partial charge in [0.05, 0.1) is 18.2 Å². The van der Waals surface area contributed by atoms with Crippen LogP contribution < -0.4 is 14.6 Å². The number of hydrogen-bond donors (Lipinski definition) is 2. The summed E-state index contributed by atoms with van der Waals surface area (Å²) in [5, 5.41) is 5.82. The zero-order valence-corrected chi connectivity index (χ0v) is 16.5. The molecule has 140 valence electrons. The number of ether oxygens (including phenoxy) is 1. The summed E-state index contributed by atoms with van der Waals surface area (Å²) in [6.45, 7) is 0. The van der Waals surface area contributed by atoms with Gasteiger partial charge in [-0.15, -0.1) is 0 Å². The van der Waals surface area contributed by atoms with Crippen molar-refractivity contribution >= 4 is 47.7 Å². The van der Waals surface area contributed by atoms with Crippen LogP contribution in [0.3, 0.4) is 0 Å². The molecule has 2 aromatic rings. The van der Waals surface area contributed by atoms with Crippen molar-refractivity contribution in [2.24, 2.45) is 5.14 Å². The summed E-state index contributed by atoms with van der Waals surface area (Å²) in [7, 11) is -7.00. The number of primary sulfonamides is 1. The van der Waals surface area contributed by atoms with Gasteiger partial charge in [0, 0.05) is 10.0 Å². The second-order valence-electron chi connectivity index (χ2n) is 5.02. The van der Waals surface area contributed by atoms with Crippen LogP contribution >= 0.6 is 15.9 Å². The van der Waals surface area contributed by atoms with Gasteiger partial charge in [-0.3, -0.25) is 4.72 Å². The van der Waals surface area contributed by atoms with Gasteiger partial charge in [0.25, 0.3) is 10.0 Å². The molecule has 2 aromatic carbocycles. The van der Waals surface area contributed by atoms with Gasteiger partial charge in [0.1, 0.15) is 16.5 Å². The monoisotopic (exact) mass is 464 g/mol. The third-order valence-corrected chi connectivity index (χ3v) is 5.56. The molecule has 0 bridgehead atoms. The predicted molar refractivity (Wildman–Crippen MR) is 100 cm³/mol. The second-order valence-corrected chi connectivity index (χ2v) is 9.03. The van der Waals surface area contributed by atoms with Gasteiger partial charge in [-0.2, -0.15) is 0 Å². The quantitative estimate of drug-likeness (QED) is 0.681. The van der Waals surface area contributed by atoms with Crippen LogP contribution in [0.2, 0.25) is 0 Å². The Balaban J connectivity index is 2.38. The first kappa shape index (κ1) is 20.4. The van der Waals surface area contributed by atoms with E-state index >= 15 is 0 Å². The van der Waals surface area contributed by atoms with Crippen LogP contribution in [0.25, 0.3) is 6.08 Å². The van der Waals surface area contributed by atoms with Crippen molar-refractivity contribution < 1.29 is 26.0 Å². The van der Waals surface area contributed by atoms with Crippen LogP contribution in [-0.4, -0.2) is 23.9 Å². The normalized spacial score (nSPS) is 12.3.